The maximum atomic E-state index is 10.5. The average molecular weight is 197 g/mol. The third-order valence-electron chi connectivity index (χ3n) is 3.87. The first kappa shape index (κ1) is 11.7. The van der Waals surface area contributed by atoms with Crippen LogP contribution in [0.5, 0.6) is 0 Å². The summed E-state index contributed by atoms with van der Waals surface area (Å²) in [5.74, 6) is 1.03. The van der Waals surface area contributed by atoms with Gasteiger partial charge in [-0.1, -0.05) is 13.8 Å². The predicted molar refractivity (Wildman–Crippen MR) is 59.3 cm³/mol. The number of nitrogens with zero attached hydrogens (tertiary/aromatic N) is 1. The Hall–Kier alpha value is -0.370. The highest BCUT2D eigenvalue weighted by Crippen LogP contribution is 2.30. The van der Waals surface area contributed by atoms with Gasteiger partial charge >= 0.3 is 0 Å². The Bertz CT molecular complexity index is 193. The van der Waals surface area contributed by atoms with Gasteiger partial charge in [-0.15, -0.1) is 0 Å². The van der Waals surface area contributed by atoms with E-state index in [2.05, 4.69) is 25.8 Å². The molecule has 0 N–H and O–H groups in total. The summed E-state index contributed by atoms with van der Waals surface area (Å²) in [6, 6.07) is 1.40. The number of rotatable bonds is 4. The van der Waals surface area contributed by atoms with Crippen molar-refractivity contribution in [2.75, 3.05) is 7.05 Å². The molecule has 1 heterocycles. The van der Waals surface area contributed by atoms with Crippen molar-refractivity contribution in [3.63, 3.8) is 0 Å². The van der Waals surface area contributed by atoms with E-state index in [9.17, 15) is 4.79 Å². The minimum Gasteiger partial charge on any atom is -0.303 e. The molecular weight excluding hydrogens is 174 g/mol. The van der Waals surface area contributed by atoms with Crippen molar-refractivity contribution >= 4 is 6.29 Å². The zero-order valence-electron chi connectivity index (χ0n) is 9.86. The second-order valence-electron chi connectivity index (χ2n) is 4.96. The van der Waals surface area contributed by atoms with E-state index in [0.29, 0.717) is 12.1 Å². The van der Waals surface area contributed by atoms with Crippen molar-refractivity contribution in [3.8, 4) is 0 Å². The molecule has 0 bridgehead atoms. The highest BCUT2D eigenvalue weighted by Gasteiger charge is 2.32. The quantitative estimate of drug-likeness (QED) is 0.645. The van der Waals surface area contributed by atoms with Gasteiger partial charge in [0.2, 0.25) is 0 Å². The molecule has 0 spiro atoms. The second-order valence-corrected chi connectivity index (χ2v) is 4.96. The van der Waals surface area contributed by atoms with E-state index in [1.807, 2.05) is 6.92 Å². The number of hydrogen-bond acceptors (Lipinski definition) is 2. The summed E-state index contributed by atoms with van der Waals surface area (Å²) in [4.78, 5) is 13.0. The van der Waals surface area contributed by atoms with Crippen molar-refractivity contribution in [2.45, 2.75) is 52.1 Å². The van der Waals surface area contributed by atoms with Crippen molar-refractivity contribution in [2.24, 2.45) is 11.8 Å². The molecule has 1 aliphatic rings. The molecule has 4 unspecified atom stereocenters. The molecule has 0 radical (unpaired) electrons. The van der Waals surface area contributed by atoms with E-state index < -0.39 is 0 Å². The van der Waals surface area contributed by atoms with E-state index in [1.54, 1.807) is 0 Å². The molecule has 82 valence electrons. The first-order valence-electron chi connectivity index (χ1n) is 5.73. The Balaban J connectivity index is 2.35. The highest BCUT2D eigenvalue weighted by molar-refractivity contribution is 5.52. The molecule has 1 rings (SSSR count). The topological polar surface area (TPSA) is 20.3 Å². The molecule has 2 nitrogen and oxygen atoms in total. The summed E-state index contributed by atoms with van der Waals surface area (Å²) in [7, 11) is 2.21. The largest absolute Gasteiger partial charge is 0.303 e. The normalized spacial score (nSPS) is 35.9. The van der Waals surface area contributed by atoms with Crippen LogP contribution in [0, 0.1) is 11.8 Å². The lowest BCUT2D eigenvalue weighted by Crippen LogP contribution is -2.31. The number of carbonyl (C=O) groups is 1. The van der Waals surface area contributed by atoms with Crippen LogP contribution < -0.4 is 0 Å². The molecule has 2 heteroatoms. The van der Waals surface area contributed by atoms with Gasteiger partial charge in [0, 0.05) is 18.0 Å². The smallest absolute Gasteiger partial charge is 0.122 e. The number of carbonyl (C=O) groups excluding carboxylic acids is 1. The zero-order valence-corrected chi connectivity index (χ0v) is 9.86. The van der Waals surface area contributed by atoms with Gasteiger partial charge in [-0.05, 0) is 39.2 Å². The summed E-state index contributed by atoms with van der Waals surface area (Å²) in [5.41, 5.74) is 0. The number of likely N-dealkylation sites (tertiary alicyclic amines) is 1. The van der Waals surface area contributed by atoms with Crippen LogP contribution in [0.15, 0.2) is 0 Å². The maximum Gasteiger partial charge on any atom is 0.122 e. The van der Waals surface area contributed by atoms with Crippen LogP contribution in [0.2, 0.25) is 0 Å². The van der Waals surface area contributed by atoms with Gasteiger partial charge in [0.05, 0.1) is 0 Å². The van der Waals surface area contributed by atoms with Crippen molar-refractivity contribution < 1.29 is 4.79 Å². The highest BCUT2D eigenvalue weighted by atomic mass is 16.1. The summed E-state index contributed by atoms with van der Waals surface area (Å²) >= 11 is 0. The number of hydrogen-bond donors (Lipinski definition) is 0. The van der Waals surface area contributed by atoms with Crippen molar-refractivity contribution in [1.82, 2.24) is 4.90 Å². The predicted octanol–water partition coefficient (Wildman–Crippen LogP) is 2.33. The molecular formula is C12H23NO. The Morgan fingerprint density at radius 2 is 2.14 bits per heavy atom. The standard InChI is InChI=1S/C12H23NO/c1-9(8-14)5-6-12-7-10(2)11(3)13(12)4/h8-12H,5-7H2,1-4H3. The molecule has 0 amide bonds. The van der Waals surface area contributed by atoms with Gasteiger partial charge in [0.1, 0.15) is 6.29 Å². The third-order valence-corrected chi connectivity index (χ3v) is 3.87. The van der Waals surface area contributed by atoms with Gasteiger partial charge in [-0.2, -0.15) is 0 Å². The lowest BCUT2D eigenvalue weighted by atomic mass is 9.98. The number of aldehydes is 1. The lowest BCUT2D eigenvalue weighted by molar-refractivity contribution is -0.110. The fourth-order valence-electron chi connectivity index (χ4n) is 2.37. The fourth-order valence-corrected chi connectivity index (χ4v) is 2.37. The second kappa shape index (κ2) is 4.92. The maximum absolute atomic E-state index is 10.5. The molecule has 1 aliphatic heterocycles. The van der Waals surface area contributed by atoms with Crippen molar-refractivity contribution in [3.05, 3.63) is 0 Å². The molecule has 1 saturated heterocycles. The Morgan fingerprint density at radius 3 is 2.57 bits per heavy atom. The first-order chi connectivity index (χ1) is 6.56. The Morgan fingerprint density at radius 1 is 1.50 bits per heavy atom. The average Bonchev–Trinajstić information content (AvgIpc) is 2.42. The van der Waals surface area contributed by atoms with Crippen LogP contribution in [0.25, 0.3) is 0 Å². The molecule has 14 heavy (non-hydrogen) atoms. The van der Waals surface area contributed by atoms with E-state index >= 15 is 0 Å². The lowest BCUT2D eigenvalue weighted by Gasteiger charge is -2.24. The Kier molecular flexibility index (Phi) is 4.11. The van der Waals surface area contributed by atoms with Crippen LogP contribution >= 0.6 is 0 Å². The van der Waals surface area contributed by atoms with Gasteiger partial charge < -0.3 is 9.69 Å². The zero-order chi connectivity index (χ0) is 10.7. The molecule has 0 aromatic carbocycles. The van der Waals surface area contributed by atoms with Crippen molar-refractivity contribution in [1.29, 1.82) is 0 Å². The van der Waals surface area contributed by atoms with E-state index in [0.717, 1.165) is 18.6 Å². The SMILES string of the molecule is CC(C=O)CCC1CC(C)C(C)N1C. The van der Waals surface area contributed by atoms with Gasteiger partial charge in [0.15, 0.2) is 0 Å². The summed E-state index contributed by atoms with van der Waals surface area (Å²) in [5, 5.41) is 0. The molecule has 0 aromatic heterocycles. The minimum atomic E-state index is 0.231. The summed E-state index contributed by atoms with van der Waals surface area (Å²) < 4.78 is 0. The van der Waals surface area contributed by atoms with Crippen LogP contribution in [-0.4, -0.2) is 30.3 Å². The molecule has 4 atom stereocenters. The summed E-state index contributed by atoms with van der Waals surface area (Å²) in [6.45, 7) is 6.63. The van der Waals surface area contributed by atoms with Crippen LogP contribution in [-0.2, 0) is 4.79 Å². The molecule has 1 fully saturated rings. The van der Waals surface area contributed by atoms with E-state index in [1.165, 1.54) is 12.8 Å². The van der Waals surface area contributed by atoms with Gasteiger partial charge in [-0.3, -0.25) is 0 Å². The van der Waals surface area contributed by atoms with Crippen LogP contribution in [0.1, 0.15) is 40.0 Å². The van der Waals surface area contributed by atoms with E-state index in [4.69, 9.17) is 0 Å². The van der Waals surface area contributed by atoms with Gasteiger partial charge in [0.25, 0.3) is 0 Å². The first-order valence-corrected chi connectivity index (χ1v) is 5.73. The Labute approximate surface area is 87.7 Å². The monoisotopic (exact) mass is 197 g/mol. The summed E-state index contributed by atoms with van der Waals surface area (Å²) in [6.07, 6.45) is 4.58. The molecule has 0 aromatic rings. The van der Waals surface area contributed by atoms with Crippen LogP contribution in [0.4, 0.5) is 0 Å². The van der Waals surface area contributed by atoms with E-state index in [-0.39, 0.29) is 5.92 Å². The molecule has 0 aliphatic carbocycles. The molecule has 0 saturated carbocycles. The van der Waals surface area contributed by atoms with Gasteiger partial charge in [-0.25, -0.2) is 0 Å². The fraction of sp³-hybridized carbons (Fsp3) is 0.917. The minimum absolute atomic E-state index is 0.231. The third kappa shape index (κ3) is 2.57. The van der Waals surface area contributed by atoms with Crippen LogP contribution in [0.3, 0.4) is 0 Å².